The van der Waals surface area contributed by atoms with Crippen LogP contribution < -0.4 is 15.4 Å². The summed E-state index contributed by atoms with van der Waals surface area (Å²) >= 11 is 5.74. The van der Waals surface area contributed by atoms with E-state index in [9.17, 15) is 14.3 Å². The number of fused-ring (bicyclic) bond motifs is 1. The number of hydrogen-bond acceptors (Lipinski definition) is 4. The maximum atomic E-state index is 13.3. The van der Waals surface area contributed by atoms with Crippen LogP contribution in [0.2, 0.25) is 5.02 Å². The minimum atomic E-state index is -0.568. The zero-order chi connectivity index (χ0) is 20.1. The fourth-order valence-electron chi connectivity index (χ4n) is 2.96. The lowest BCUT2D eigenvalue weighted by atomic mass is 9.99. The average molecular weight is 404 g/mol. The zero-order valence-electron chi connectivity index (χ0n) is 15.1. The molecule has 0 aliphatic heterocycles. The van der Waals surface area contributed by atoms with Gasteiger partial charge >= 0.3 is 6.03 Å². The van der Waals surface area contributed by atoms with Gasteiger partial charge in [0.05, 0.1) is 18.2 Å². The molecular weight excluding hydrogens is 385 g/mol. The molecule has 8 heteroatoms. The van der Waals surface area contributed by atoms with Crippen LogP contribution in [0.3, 0.4) is 0 Å². The maximum Gasteiger partial charge on any atom is 0.319 e. The van der Waals surface area contributed by atoms with E-state index in [4.69, 9.17) is 16.3 Å². The molecule has 0 aliphatic rings. The normalized spacial score (nSPS) is 11.9. The van der Waals surface area contributed by atoms with E-state index in [-0.39, 0.29) is 18.1 Å². The largest absolute Gasteiger partial charge is 0.481 e. The van der Waals surface area contributed by atoms with Gasteiger partial charge in [-0.3, -0.25) is 0 Å². The number of benzene rings is 2. The summed E-state index contributed by atoms with van der Waals surface area (Å²) in [5.41, 5.74) is 1.10. The number of carbonyl (C=O) groups is 1. The highest BCUT2D eigenvalue weighted by Crippen LogP contribution is 2.30. The Bertz CT molecular complexity index is 1000. The van der Waals surface area contributed by atoms with Crippen LogP contribution in [0.1, 0.15) is 18.0 Å². The molecule has 6 nitrogen and oxygen atoms in total. The highest BCUT2D eigenvalue weighted by molar-refractivity contribution is 6.31. The number of aliphatic hydroxyl groups excluding tert-OH is 1. The molecule has 1 atom stereocenters. The van der Waals surface area contributed by atoms with Crippen molar-refractivity contribution >= 4 is 34.1 Å². The van der Waals surface area contributed by atoms with Gasteiger partial charge in [0.15, 0.2) is 0 Å². The number of methoxy groups -OCH3 is 1. The molecule has 2 aromatic carbocycles. The van der Waals surface area contributed by atoms with E-state index in [1.54, 1.807) is 13.3 Å². The summed E-state index contributed by atoms with van der Waals surface area (Å²) in [5, 5.41) is 16.5. The summed E-state index contributed by atoms with van der Waals surface area (Å²) in [6.07, 6.45) is 1.91. The molecule has 0 bridgehead atoms. The van der Waals surface area contributed by atoms with Gasteiger partial charge in [-0.25, -0.2) is 14.2 Å². The monoisotopic (exact) mass is 403 g/mol. The summed E-state index contributed by atoms with van der Waals surface area (Å²) in [6, 6.07) is 10.4. The van der Waals surface area contributed by atoms with E-state index in [1.165, 1.54) is 18.2 Å². The fraction of sp³-hybridized carbons (Fsp3) is 0.200. The van der Waals surface area contributed by atoms with E-state index in [0.717, 1.165) is 16.3 Å². The van der Waals surface area contributed by atoms with Crippen LogP contribution in [0.4, 0.5) is 14.9 Å². The third-order valence-electron chi connectivity index (χ3n) is 4.26. The summed E-state index contributed by atoms with van der Waals surface area (Å²) in [4.78, 5) is 16.7. The summed E-state index contributed by atoms with van der Waals surface area (Å²) in [7, 11) is 1.54. The first-order valence-corrected chi connectivity index (χ1v) is 8.96. The van der Waals surface area contributed by atoms with Crippen LogP contribution in [-0.2, 0) is 0 Å². The molecule has 3 rings (SSSR count). The standard InChI is InChI=1S/C20H19ClFN3O3/c1-28-19-14-5-3-2-4-13(14)15(11-23-19)18(8-9-26)25-20(27)24-12-6-7-17(22)16(21)10-12/h2-7,10-11,18,26H,8-9H2,1H3,(H2,24,25,27). The molecule has 146 valence electrons. The number of nitrogens with zero attached hydrogens (tertiary/aromatic N) is 1. The van der Waals surface area contributed by atoms with Crippen molar-refractivity contribution in [2.45, 2.75) is 12.5 Å². The van der Waals surface area contributed by atoms with Crippen LogP contribution >= 0.6 is 11.6 Å². The number of aromatic nitrogens is 1. The number of carbonyl (C=O) groups excluding carboxylic acids is 1. The highest BCUT2D eigenvalue weighted by Gasteiger charge is 2.19. The van der Waals surface area contributed by atoms with Crippen LogP contribution in [0, 0.1) is 5.82 Å². The number of pyridine rings is 1. The van der Waals surface area contributed by atoms with Crippen molar-refractivity contribution in [3.05, 3.63) is 65.1 Å². The molecular formula is C20H19ClFN3O3. The Kier molecular flexibility index (Phi) is 6.28. The average Bonchev–Trinajstić information content (AvgIpc) is 2.69. The van der Waals surface area contributed by atoms with Crippen molar-refractivity contribution in [3.63, 3.8) is 0 Å². The number of anilines is 1. The second-order valence-corrected chi connectivity index (χ2v) is 6.47. The van der Waals surface area contributed by atoms with Crippen molar-refractivity contribution in [3.8, 4) is 5.88 Å². The van der Waals surface area contributed by atoms with Gasteiger partial charge in [0.1, 0.15) is 5.82 Å². The van der Waals surface area contributed by atoms with Crippen LogP contribution in [0.5, 0.6) is 5.88 Å². The maximum absolute atomic E-state index is 13.3. The fourth-order valence-corrected chi connectivity index (χ4v) is 3.14. The smallest absolute Gasteiger partial charge is 0.319 e. The number of aliphatic hydroxyl groups is 1. The molecule has 1 unspecified atom stereocenters. The van der Waals surface area contributed by atoms with E-state index >= 15 is 0 Å². The number of halogens is 2. The lowest BCUT2D eigenvalue weighted by molar-refractivity contribution is 0.239. The molecule has 0 saturated carbocycles. The molecule has 0 aliphatic carbocycles. The minimum absolute atomic E-state index is 0.0879. The molecule has 2 amide bonds. The first-order valence-electron chi connectivity index (χ1n) is 8.58. The Hall–Kier alpha value is -2.90. The molecule has 0 radical (unpaired) electrons. The minimum Gasteiger partial charge on any atom is -0.481 e. The second-order valence-electron chi connectivity index (χ2n) is 6.06. The first-order chi connectivity index (χ1) is 13.5. The summed E-state index contributed by atoms with van der Waals surface area (Å²) in [6.45, 7) is -0.131. The van der Waals surface area contributed by atoms with Crippen LogP contribution in [0.15, 0.2) is 48.7 Å². The Balaban J connectivity index is 1.86. The number of hydrogen-bond donors (Lipinski definition) is 3. The predicted molar refractivity (Wildman–Crippen MR) is 106 cm³/mol. The SMILES string of the molecule is COc1ncc(C(CCO)NC(=O)Nc2ccc(F)c(Cl)c2)c2ccccc12. The van der Waals surface area contributed by atoms with Gasteiger partial charge in [0.25, 0.3) is 0 Å². The second kappa shape index (κ2) is 8.86. The van der Waals surface area contributed by atoms with Gasteiger partial charge in [-0.1, -0.05) is 29.8 Å². The zero-order valence-corrected chi connectivity index (χ0v) is 15.8. The molecule has 3 aromatic rings. The Morgan fingerprint density at radius 3 is 2.71 bits per heavy atom. The van der Waals surface area contributed by atoms with Gasteiger partial charge in [-0.2, -0.15) is 0 Å². The topological polar surface area (TPSA) is 83.5 Å². The first kappa shape index (κ1) is 19.9. The molecule has 28 heavy (non-hydrogen) atoms. The van der Waals surface area contributed by atoms with Crippen molar-refractivity contribution in [2.75, 3.05) is 19.0 Å². The van der Waals surface area contributed by atoms with E-state index in [0.29, 0.717) is 11.6 Å². The number of urea groups is 1. The molecule has 0 saturated heterocycles. The lowest BCUT2D eigenvalue weighted by Crippen LogP contribution is -2.33. The lowest BCUT2D eigenvalue weighted by Gasteiger charge is -2.21. The van der Waals surface area contributed by atoms with Crippen molar-refractivity contribution in [2.24, 2.45) is 0 Å². The Labute approximate surface area is 166 Å². The molecule has 1 aromatic heterocycles. The Morgan fingerprint density at radius 1 is 1.29 bits per heavy atom. The Morgan fingerprint density at radius 2 is 2.04 bits per heavy atom. The van der Waals surface area contributed by atoms with Crippen LogP contribution in [0.25, 0.3) is 10.8 Å². The van der Waals surface area contributed by atoms with E-state index < -0.39 is 17.9 Å². The number of amides is 2. The quantitative estimate of drug-likeness (QED) is 0.573. The highest BCUT2D eigenvalue weighted by atomic mass is 35.5. The van der Waals surface area contributed by atoms with Gasteiger partial charge in [-0.15, -0.1) is 0 Å². The summed E-state index contributed by atoms with van der Waals surface area (Å²) < 4.78 is 18.6. The van der Waals surface area contributed by atoms with Gasteiger partial charge in [0.2, 0.25) is 5.88 Å². The molecule has 0 fully saturated rings. The number of nitrogens with one attached hydrogen (secondary N) is 2. The van der Waals surface area contributed by atoms with Crippen molar-refractivity contribution < 1.29 is 19.0 Å². The number of ether oxygens (including phenoxy) is 1. The third kappa shape index (κ3) is 4.32. The molecule has 3 N–H and O–H groups in total. The van der Waals surface area contributed by atoms with Gasteiger partial charge in [-0.05, 0) is 36.1 Å². The summed E-state index contributed by atoms with van der Waals surface area (Å²) in [5.74, 6) is -0.0888. The number of rotatable bonds is 6. The van der Waals surface area contributed by atoms with Crippen molar-refractivity contribution in [1.29, 1.82) is 0 Å². The third-order valence-corrected chi connectivity index (χ3v) is 4.55. The van der Waals surface area contributed by atoms with Gasteiger partial charge in [0, 0.05) is 29.4 Å². The molecule has 1 heterocycles. The van der Waals surface area contributed by atoms with E-state index in [1.807, 2.05) is 24.3 Å². The van der Waals surface area contributed by atoms with E-state index in [2.05, 4.69) is 15.6 Å². The molecule has 0 spiro atoms. The van der Waals surface area contributed by atoms with Crippen LogP contribution in [-0.4, -0.2) is 29.8 Å². The van der Waals surface area contributed by atoms with Crippen molar-refractivity contribution in [1.82, 2.24) is 10.3 Å². The predicted octanol–water partition coefficient (Wildman–Crippen LogP) is 4.28. The van der Waals surface area contributed by atoms with Gasteiger partial charge < -0.3 is 20.5 Å².